The lowest BCUT2D eigenvalue weighted by atomic mass is 10.0. The van der Waals surface area contributed by atoms with Gasteiger partial charge < -0.3 is 20.3 Å². The van der Waals surface area contributed by atoms with Crippen molar-refractivity contribution in [3.63, 3.8) is 0 Å². The summed E-state index contributed by atoms with van der Waals surface area (Å²) in [6.45, 7) is 10.4. The van der Waals surface area contributed by atoms with Crippen LogP contribution in [0, 0.1) is 6.92 Å². The zero-order valence-corrected chi connectivity index (χ0v) is 19.4. The van der Waals surface area contributed by atoms with Gasteiger partial charge in [0.2, 0.25) is 0 Å². The Labute approximate surface area is 177 Å². The SMILES string of the molecule is CCNC(=NCC(c1ccc(C)cc1)N(C)C)NCCCCOCC.I. The molecular formula is C20H37IN4O. The molecule has 0 amide bonds. The van der Waals surface area contributed by atoms with Crippen molar-refractivity contribution >= 4 is 29.9 Å². The van der Waals surface area contributed by atoms with Gasteiger partial charge in [0.25, 0.3) is 0 Å². The van der Waals surface area contributed by atoms with Gasteiger partial charge in [-0.15, -0.1) is 24.0 Å². The molecule has 1 atom stereocenters. The van der Waals surface area contributed by atoms with Crippen LogP contribution in [0.2, 0.25) is 0 Å². The number of nitrogens with zero attached hydrogens (tertiary/aromatic N) is 2. The number of aryl methyl sites for hydroxylation is 1. The average molecular weight is 476 g/mol. The number of guanidine groups is 1. The van der Waals surface area contributed by atoms with Crippen LogP contribution in [0.1, 0.15) is 43.9 Å². The fourth-order valence-electron chi connectivity index (χ4n) is 2.56. The van der Waals surface area contributed by atoms with Gasteiger partial charge >= 0.3 is 0 Å². The number of rotatable bonds is 11. The van der Waals surface area contributed by atoms with E-state index in [1.807, 2.05) is 6.92 Å². The number of hydrogen-bond acceptors (Lipinski definition) is 3. The number of likely N-dealkylation sites (N-methyl/N-ethyl adjacent to an activating group) is 1. The summed E-state index contributed by atoms with van der Waals surface area (Å²) < 4.78 is 5.37. The minimum Gasteiger partial charge on any atom is -0.382 e. The summed E-state index contributed by atoms with van der Waals surface area (Å²) in [5.74, 6) is 0.887. The molecule has 0 radical (unpaired) electrons. The first-order valence-electron chi connectivity index (χ1n) is 9.41. The Hall–Kier alpha value is -0.860. The molecule has 0 heterocycles. The lowest BCUT2D eigenvalue weighted by Gasteiger charge is -2.24. The first-order chi connectivity index (χ1) is 12.1. The maximum Gasteiger partial charge on any atom is 0.191 e. The molecule has 5 nitrogen and oxygen atoms in total. The largest absolute Gasteiger partial charge is 0.382 e. The Balaban J connectivity index is 0.00000625. The molecule has 0 saturated carbocycles. The second-order valence-electron chi connectivity index (χ2n) is 6.44. The maximum atomic E-state index is 5.37. The third-order valence-corrected chi connectivity index (χ3v) is 4.06. The van der Waals surface area contributed by atoms with Gasteiger partial charge in [-0.2, -0.15) is 0 Å². The van der Waals surface area contributed by atoms with E-state index in [0.717, 1.165) is 51.6 Å². The van der Waals surface area contributed by atoms with Crippen molar-refractivity contribution in [2.24, 2.45) is 4.99 Å². The van der Waals surface area contributed by atoms with Crippen molar-refractivity contribution in [3.8, 4) is 0 Å². The van der Waals surface area contributed by atoms with Crippen LogP contribution in [0.5, 0.6) is 0 Å². The fourth-order valence-corrected chi connectivity index (χ4v) is 2.56. The number of hydrogen-bond donors (Lipinski definition) is 2. The van der Waals surface area contributed by atoms with Crippen LogP contribution < -0.4 is 10.6 Å². The van der Waals surface area contributed by atoms with Gasteiger partial charge in [0, 0.05) is 26.3 Å². The molecule has 0 aliphatic heterocycles. The number of halogens is 1. The lowest BCUT2D eigenvalue weighted by Crippen LogP contribution is -2.38. The molecule has 0 bridgehead atoms. The Kier molecular flexibility index (Phi) is 14.7. The molecule has 0 fully saturated rings. The summed E-state index contributed by atoms with van der Waals surface area (Å²) in [4.78, 5) is 7.01. The number of nitrogens with one attached hydrogen (secondary N) is 2. The number of benzene rings is 1. The highest BCUT2D eigenvalue weighted by molar-refractivity contribution is 14.0. The average Bonchev–Trinajstić information content (AvgIpc) is 2.59. The summed E-state index contributed by atoms with van der Waals surface area (Å²) in [7, 11) is 4.21. The van der Waals surface area contributed by atoms with E-state index >= 15 is 0 Å². The van der Waals surface area contributed by atoms with Gasteiger partial charge in [-0.25, -0.2) is 0 Å². The molecule has 0 aromatic heterocycles. The van der Waals surface area contributed by atoms with Crippen molar-refractivity contribution in [1.82, 2.24) is 15.5 Å². The van der Waals surface area contributed by atoms with Crippen LogP contribution in [-0.4, -0.2) is 57.8 Å². The zero-order chi connectivity index (χ0) is 18.5. The fraction of sp³-hybridized carbons (Fsp3) is 0.650. The van der Waals surface area contributed by atoms with E-state index in [9.17, 15) is 0 Å². The topological polar surface area (TPSA) is 48.9 Å². The molecule has 2 N–H and O–H groups in total. The van der Waals surface area contributed by atoms with Crippen LogP contribution in [0.4, 0.5) is 0 Å². The molecule has 1 rings (SSSR count). The molecule has 26 heavy (non-hydrogen) atoms. The molecule has 1 aromatic rings. The standard InChI is InChI=1S/C20H36N4O.HI/c1-6-21-20(22-14-8-9-15-25-7-2)23-16-19(24(4)5)18-12-10-17(3)11-13-18;/h10-13,19H,6-9,14-16H2,1-5H3,(H2,21,22,23);1H. The third-order valence-electron chi connectivity index (χ3n) is 4.06. The molecule has 0 aliphatic carbocycles. The summed E-state index contributed by atoms with van der Waals surface area (Å²) in [5.41, 5.74) is 2.58. The Morgan fingerprint density at radius 2 is 1.81 bits per heavy atom. The van der Waals surface area contributed by atoms with Crippen LogP contribution in [0.25, 0.3) is 0 Å². The van der Waals surface area contributed by atoms with Gasteiger partial charge in [0.1, 0.15) is 0 Å². The highest BCUT2D eigenvalue weighted by atomic mass is 127. The van der Waals surface area contributed by atoms with E-state index in [4.69, 9.17) is 9.73 Å². The number of ether oxygens (including phenoxy) is 1. The van der Waals surface area contributed by atoms with E-state index in [0.29, 0.717) is 0 Å². The van der Waals surface area contributed by atoms with Crippen molar-refractivity contribution in [1.29, 1.82) is 0 Å². The highest BCUT2D eigenvalue weighted by Gasteiger charge is 2.13. The summed E-state index contributed by atoms with van der Waals surface area (Å²) >= 11 is 0. The Bertz CT molecular complexity index is 491. The van der Waals surface area contributed by atoms with Crippen LogP contribution in [0.15, 0.2) is 29.3 Å². The van der Waals surface area contributed by atoms with Crippen molar-refractivity contribution < 1.29 is 4.74 Å². The molecule has 150 valence electrons. The molecule has 0 spiro atoms. The van der Waals surface area contributed by atoms with Gasteiger partial charge in [-0.3, -0.25) is 4.99 Å². The van der Waals surface area contributed by atoms with Gasteiger partial charge in [0.15, 0.2) is 5.96 Å². The lowest BCUT2D eigenvalue weighted by molar-refractivity contribution is 0.143. The molecule has 1 aromatic carbocycles. The number of aliphatic imine (C=N–C) groups is 1. The molecule has 0 aliphatic rings. The molecule has 1 unspecified atom stereocenters. The Morgan fingerprint density at radius 1 is 1.12 bits per heavy atom. The van der Waals surface area contributed by atoms with Crippen molar-refractivity contribution in [2.75, 3.05) is 46.9 Å². The quantitative estimate of drug-likeness (QED) is 0.222. The monoisotopic (exact) mass is 476 g/mol. The predicted molar refractivity (Wildman–Crippen MR) is 123 cm³/mol. The van der Waals surface area contributed by atoms with E-state index in [2.05, 4.69) is 67.7 Å². The van der Waals surface area contributed by atoms with Gasteiger partial charge in [-0.1, -0.05) is 29.8 Å². The maximum absolute atomic E-state index is 5.37. The molecule has 6 heteroatoms. The van der Waals surface area contributed by atoms with Gasteiger partial charge in [-0.05, 0) is 53.3 Å². The second kappa shape index (κ2) is 15.2. The van der Waals surface area contributed by atoms with Crippen molar-refractivity contribution in [3.05, 3.63) is 35.4 Å². The zero-order valence-electron chi connectivity index (χ0n) is 17.0. The first kappa shape index (κ1) is 25.1. The van der Waals surface area contributed by atoms with Gasteiger partial charge in [0.05, 0.1) is 12.6 Å². The van der Waals surface area contributed by atoms with Crippen molar-refractivity contribution in [2.45, 2.75) is 39.7 Å². The second-order valence-corrected chi connectivity index (χ2v) is 6.44. The van der Waals surface area contributed by atoms with Crippen LogP contribution in [0.3, 0.4) is 0 Å². The van der Waals surface area contributed by atoms with Crippen LogP contribution >= 0.6 is 24.0 Å². The number of unbranched alkanes of at least 4 members (excludes halogenated alkanes) is 1. The van der Waals surface area contributed by atoms with E-state index < -0.39 is 0 Å². The smallest absolute Gasteiger partial charge is 0.191 e. The minimum absolute atomic E-state index is 0. The van der Waals surface area contributed by atoms with E-state index in [-0.39, 0.29) is 30.0 Å². The summed E-state index contributed by atoms with van der Waals surface area (Å²) in [5, 5.41) is 6.75. The van der Waals surface area contributed by atoms with Crippen LogP contribution in [-0.2, 0) is 4.74 Å². The normalized spacial score (nSPS) is 12.6. The first-order valence-corrected chi connectivity index (χ1v) is 9.41. The minimum atomic E-state index is 0. The van der Waals surface area contributed by atoms with E-state index in [1.165, 1.54) is 11.1 Å². The molecule has 0 saturated heterocycles. The third kappa shape index (κ3) is 10.3. The molecular weight excluding hydrogens is 439 g/mol. The summed E-state index contributed by atoms with van der Waals surface area (Å²) in [6.07, 6.45) is 2.16. The van der Waals surface area contributed by atoms with E-state index in [1.54, 1.807) is 0 Å². The Morgan fingerprint density at radius 3 is 2.38 bits per heavy atom. The predicted octanol–water partition coefficient (Wildman–Crippen LogP) is 3.59. The summed E-state index contributed by atoms with van der Waals surface area (Å²) in [6, 6.07) is 9.00. The highest BCUT2D eigenvalue weighted by Crippen LogP contribution is 2.19.